The Morgan fingerprint density at radius 3 is 3.00 bits per heavy atom. The van der Waals surface area contributed by atoms with Gasteiger partial charge in [0.2, 0.25) is 0 Å². The van der Waals surface area contributed by atoms with Gasteiger partial charge < -0.3 is 5.73 Å². The zero-order chi connectivity index (χ0) is 4.83. The second kappa shape index (κ2) is 3.96. The van der Waals surface area contributed by atoms with Gasteiger partial charge in [0.15, 0.2) is 0 Å². The summed E-state index contributed by atoms with van der Waals surface area (Å²) < 4.78 is 6.65. The van der Waals surface area contributed by atoms with Crippen LogP contribution < -0.4 is 5.73 Å². The van der Waals surface area contributed by atoms with Crippen molar-refractivity contribution in [2.45, 2.75) is 19.7 Å². The summed E-state index contributed by atoms with van der Waals surface area (Å²) in [5.74, 6) is 0. The van der Waals surface area contributed by atoms with Crippen molar-refractivity contribution in [2.75, 3.05) is 6.54 Å². The lowest BCUT2D eigenvalue weighted by molar-refractivity contribution is 0.807. The van der Waals surface area contributed by atoms with E-state index in [-0.39, 0.29) is 0 Å². The van der Waals surface area contributed by atoms with Gasteiger partial charge in [0.1, 0.15) is 0 Å². The van der Waals surface area contributed by atoms with Crippen molar-refractivity contribution in [3.63, 3.8) is 0 Å². The molecule has 5 heavy (non-hydrogen) atoms. The van der Waals surface area contributed by atoms with E-state index >= 15 is 0 Å². The van der Waals surface area contributed by atoms with E-state index in [0.717, 1.165) is 19.4 Å². The van der Waals surface area contributed by atoms with Crippen molar-refractivity contribution in [2.24, 2.45) is 5.73 Å². The molecular formula is C4H11N. The third kappa shape index (κ3) is 3.96. The Hall–Kier alpha value is -0.0400. The maximum absolute atomic E-state index is 6.65. The fourth-order valence-electron chi connectivity index (χ4n) is 0.144. The molecule has 0 aliphatic heterocycles. The Kier molecular flexibility index (Phi) is 2.50. The van der Waals surface area contributed by atoms with Gasteiger partial charge in [0.25, 0.3) is 0 Å². The van der Waals surface area contributed by atoms with Gasteiger partial charge in [-0.2, -0.15) is 0 Å². The number of unbranched alkanes of at least 4 members (excludes halogenated alkanes) is 1. The number of rotatable bonds is 2. The molecule has 32 valence electrons. The topological polar surface area (TPSA) is 26.0 Å². The molecule has 0 atom stereocenters. The van der Waals surface area contributed by atoms with Crippen molar-refractivity contribution in [3.8, 4) is 0 Å². The zero-order valence-corrected chi connectivity index (χ0v) is 3.41. The van der Waals surface area contributed by atoms with E-state index in [4.69, 9.17) is 7.10 Å². The maximum atomic E-state index is 6.65. The van der Waals surface area contributed by atoms with E-state index in [1.54, 1.807) is 0 Å². The van der Waals surface area contributed by atoms with Crippen LogP contribution in [0.4, 0.5) is 0 Å². The molecule has 0 heterocycles. The smallest absolute Gasteiger partial charge is 0.0230 e. The highest BCUT2D eigenvalue weighted by Gasteiger charge is 1.67. The fourth-order valence-corrected chi connectivity index (χ4v) is 0.144. The summed E-state index contributed by atoms with van der Waals surface area (Å²) in [6.07, 6.45) is 1.96. The molecule has 0 aliphatic rings. The van der Waals surface area contributed by atoms with Crippen LogP contribution in [0, 0.1) is 0 Å². The van der Waals surface area contributed by atoms with Crippen LogP contribution in [-0.2, 0) is 0 Å². The summed E-state index contributed by atoms with van der Waals surface area (Å²) in [6.45, 7) is 1.26. The minimum Gasteiger partial charge on any atom is -0.330 e. The molecule has 0 spiro atoms. The molecule has 0 aromatic carbocycles. The zero-order valence-electron chi connectivity index (χ0n) is 4.41. The lowest BCUT2D eigenvalue weighted by atomic mass is 10.3. The summed E-state index contributed by atoms with van der Waals surface area (Å²) >= 11 is 0. The molecule has 0 saturated carbocycles. The first-order chi connectivity index (χ1) is 2.91. The van der Waals surface area contributed by atoms with Crippen molar-refractivity contribution < 1.29 is 1.37 Å². The first-order valence-corrected chi connectivity index (χ1v) is 1.91. The highest BCUT2D eigenvalue weighted by molar-refractivity contribution is 4.29. The third-order valence-electron chi connectivity index (χ3n) is 0.454. The minimum atomic E-state index is 0.525. The van der Waals surface area contributed by atoms with Gasteiger partial charge in [0, 0.05) is 1.37 Å². The number of nitrogens with two attached hydrogens (primary N) is 1. The van der Waals surface area contributed by atoms with Gasteiger partial charge in [-0.1, -0.05) is 13.3 Å². The molecule has 0 radical (unpaired) electrons. The van der Waals surface area contributed by atoms with E-state index in [2.05, 4.69) is 0 Å². The van der Waals surface area contributed by atoms with Crippen LogP contribution in [-0.4, -0.2) is 6.54 Å². The standard InChI is InChI=1S/C4H11N/c1-2-3-4-5/h2-5H2,1H3/i1T. The molecule has 1 nitrogen and oxygen atoms in total. The van der Waals surface area contributed by atoms with Gasteiger partial charge in [-0.3, -0.25) is 0 Å². The summed E-state index contributed by atoms with van der Waals surface area (Å²) in [5.41, 5.74) is 5.13. The summed E-state index contributed by atoms with van der Waals surface area (Å²) in [5, 5.41) is 0. The lowest BCUT2D eigenvalue weighted by Crippen LogP contribution is -1.95. The van der Waals surface area contributed by atoms with Gasteiger partial charge in [-0.15, -0.1) is 0 Å². The molecule has 1 heteroatoms. The van der Waals surface area contributed by atoms with Crippen LogP contribution in [0.5, 0.6) is 0 Å². The highest BCUT2D eigenvalue weighted by Crippen LogP contribution is 1.77. The Labute approximate surface area is 34.6 Å². The minimum absolute atomic E-state index is 0.525. The summed E-state index contributed by atoms with van der Waals surface area (Å²) in [6, 6.07) is 0. The molecule has 0 aliphatic carbocycles. The Morgan fingerprint density at radius 1 is 2.00 bits per heavy atom. The SMILES string of the molecule is [3H]CCCCN. The first-order valence-electron chi connectivity index (χ1n) is 2.62. The third-order valence-corrected chi connectivity index (χ3v) is 0.454. The van der Waals surface area contributed by atoms with E-state index in [0.29, 0.717) is 6.90 Å². The Balaban J connectivity index is 2.34. The van der Waals surface area contributed by atoms with Crippen molar-refractivity contribution >= 4 is 0 Å². The van der Waals surface area contributed by atoms with E-state index in [9.17, 15) is 0 Å². The lowest BCUT2D eigenvalue weighted by Gasteiger charge is -1.80. The molecule has 0 aromatic heterocycles. The van der Waals surface area contributed by atoms with Crippen LogP contribution >= 0.6 is 0 Å². The van der Waals surface area contributed by atoms with E-state index < -0.39 is 0 Å². The van der Waals surface area contributed by atoms with Gasteiger partial charge >= 0.3 is 0 Å². The van der Waals surface area contributed by atoms with Crippen LogP contribution in [0.1, 0.15) is 21.1 Å². The Morgan fingerprint density at radius 2 is 2.80 bits per heavy atom. The number of hydrogen-bond acceptors (Lipinski definition) is 1. The average Bonchev–Trinajstić information content (AvgIpc) is 1.61. The van der Waals surface area contributed by atoms with Crippen molar-refractivity contribution in [1.29, 1.82) is 0 Å². The molecule has 2 N–H and O–H groups in total. The monoisotopic (exact) mass is 75.1 g/mol. The second-order valence-corrected chi connectivity index (χ2v) is 0.996. The van der Waals surface area contributed by atoms with Crippen LogP contribution in [0.25, 0.3) is 0 Å². The van der Waals surface area contributed by atoms with Crippen molar-refractivity contribution in [1.82, 2.24) is 0 Å². The quantitative estimate of drug-likeness (QED) is 0.481. The Bertz CT molecular complexity index is 19.5. The first kappa shape index (κ1) is 3.16. The molecular weight excluding hydrogens is 62.1 g/mol. The highest BCUT2D eigenvalue weighted by atomic mass is 14.5. The largest absolute Gasteiger partial charge is 0.330 e. The van der Waals surface area contributed by atoms with Gasteiger partial charge in [-0.05, 0) is 13.0 Å². The maximum Gasteiger partial charge on any atom is 0.0230 e. The average molecular weight is 75.1 g/mol. The summed E-state index contributed by atoms with van der Waals surface area (Å²) in [7, 11) is 0. The van der Waals surface area contributed by atoms with Gasteiger partial charge in [0.05, 0.1) is 0 Å². The van der Waals surface area contributed by atoms with Crippen LogP contribution in [0.2, 0.25) is 0 Å². The normalized spacial score (nSPS) is 11.0. The molecule has 0 bridgehead atoms. The molecule has 0 unspecified atom stereocenters. The molecule has 0 aromatic rings. The summed E-state index contributed by atoms with van der Waals surface area (Å²) in [4.78, 5) is 0. The molecule has 0 amide bonds. The predicted molar refractivity (Wildman–Crippen MR) is 24.0 cm³/mol. The van der Waals surface area contributed by atoms with Crippen LogP contribution in [0.15, 0.2) is 0 Å². The molecule has 0 saturated heterocycles. The van der Waals surface area contributed by atoms with Gasteiger partial charge in [-0.25, -0.2) is 0 Å². The molecule has 0 rings (SSSR count). The number of hydrogen-bond donors (Lipinski definition) is 1. The molecule has 0 fully saturated rings. The van der Waals surface area contributed by atoms with Crippen molar-refractivity contribution in [3.05, 3.63) is 0 Å². The predicted octanol–water partition coefficient (Wildman–Crippen LogP) is 0.745. The second-order valence-electron chi connectivity index (χ2n) is 0.996. The fraction of sp³-hybridized carbons (Fsp3) is 1.00. The van der Waals surface area contributed by atoms with E-state index in [1.807, 2.05) is 0 Å². The van der Waals surface area contributed by atoms with Crippen LogP contribution in [0.3, 0.4) is 0 Å². The van der Waals surface area contributed by atoms with E-state index in [1.165, 1.54) is 0 Å².